The van der Waals surface area contributed by atoms with Gasteiger partial charge in [-0.3, -0.25) is 4.79 Å². The first kappa shape index (κ1) is 22.0. The van der Waals surface area contributed by atoms with Crippen LogP contribution < -0.4 is 15.4 Å². The minimum absolute atomic E-state index is 0. The SMILES string of the molecule is Cc1cccc(CC(C)(C)NCC(O)c2cc(O)cc3c2OCC(=O)N3)c1.Cl. The number of hydrogen-bond acceptors (Lipinski definition) is 5. The van der Waals surface area contributed by atoms with Gasteiger partial charge in [-0.05, 0) is 38.8 Å². The number of carbonyl (C=O) groups excluding carboxylic acids is 1. The van der Waals surface area contributed by atoms with Crippen LogP contribution in [0.4, 0.5) is 5.69 Å². The molecule has 1 unspecified atom stereocenters. The quantitative estimate of drug-likeness (QED) is 0.591. The molecule has 152 valence electrons. The Morgan fingerprint density at radius 3 is 2.75 bits per heavy atom. The molecular weight excluding hydrogens is 380 g/mol. The van der Waals surface area contributed by atoms with Crippen LogP contribution in [0, 0.1) is 6.92 Å². The summed E-state index contributed by atoms with van der Waals surface area (Å²) in [6.45, 7) is 6.40. The number of fused-ring (bicyclic) bond motifs is 1. The molecule has 7 heteroatoms. The molecule has 2 aromatic carbocycles. The summed E-state index contributed by atoms with van der Waals surface area (Å²) in [6.07, 6.45) is -0.0795. The van der Waals surface area contributed by atoms with Gasteiger partial charge in [-0.1, -0.05) is 29.8 Å². The molecule has 0 bridgehead atoms. The molecule has 1 heterocycles. The molecular formula is C21H27ClN2O4. The highest BCUT2D eigenvalue weighted by Crippen LogP contribution is 2.38. The number of hydrogen-bond donors (Lipinski definition) is 4. The number of anilines is 1. The number of benzene rings is 2. The van der Waals surface area contributed by atoms with E-state index in [1.165, 1.54) is 23.3 Å². The molecule has 0 saturated heterocycles. The molecule has 2 aromatic rings. The van der Waals surface area contributed by atoms with Crippen LogP contribution in [0.5, 0.6) is 11.5 Å². The molecule has 1 atom stereocenters. The van der Waals surface area contributed by atoms with E-state index in [1.54, 1.807) is 0 Å². The minimum Gasteiger partial charge on any atom is -0.508 e. The van der Waals surface area contributed by atoms with Crippen molar-refractivity contribution in [3.63, 3.8) is 0 Å². The Kier molecular flexibility index (Phi) is 6.93. The van der Waals surface area contributed by atoms with Crippen LogP contribution in [0.1, 0.15) is 36.6 Å². The number of aliphatic hydroxyl groups is 1. The molecule has 4 N–H and O–H groups in total. The number of rotatable bonds is 6. The largest absolute Gasteiger partial charge is 0.508 e. The van der Waals surface area contributed by atoms with Crippen molar-refractivity contribution in [2.24, 2.45) is 0 Å². The van der Waals surface area contributed by atoms with Crippen molar-refractivity contribution in [3.8, 4) is 11.5 Å². The lowest BCUT2D eigenvalue weighted by molar-refractivity contribution is -0.118. The van der Waals surface area contributed by atoms with Crippen molar-refractivity contribution in [1.82, 2.24) is 5.32 Å². The number of nitrogens with one attached hydrogen (secondary N) is 2. The number of aromatic hydroxyl groups is 1. The van der Waals surface area contributed by atoms with Crippen molar-refractivity contribution in [3.05, 3.63) is 53.1 Å². The van der Waals surface area contributed by atoms with Gasteiger partial charge in [0.05, 0.1) is 11.8 Å². The molecule has 0 aromatic heterocycles. The molecule has 6 nitrogen and oxygen atoms in total. The van der Waals surface area contributed by atoms with Gasteiger partial charge < -0.3 is 25.6 Å². The third-order valence-corrected chi connectivity index (χ3v) is 4.59. The molecule has 0 spiro atoms. The van der Waals surface area contributed by atoms with E-state index in [0.717, 1.165) is 6.42 Å². The van der Waals surface area contributed by atoms with Gasteiger partial charge in [0.15, 0.2) is 6.61 Å². The highest BCUT2D eigenvalue weighted by molar-refractivity contribution is 5.96. The van der Waals surface area contributed by atoms with E-state index in [-0.39, 0.29) is 42.8 Å². The van der Waals surface area contributed by atoms with Crippen LogP contribution in [0.25, 0.3) is 0 Å². The third kappa shape index (κ3) is 5.38. The highest BCUT2D eigenvalue weighted by Gasteiger charge is 2.26. The van der Waals surface area contributed by atoms with E-state index < -0.39 is 6.10 Å². The number of aryl methyl sites for hydroxylation is 1. The van der Waals surface area contributed by atoms with E-state index in [9.17, 15) is 15.0 Å². The van der Waals surface area contributed by atoms with Crippen molar-refractivity contribution in [1.29, 1.82) is 0 Å². The Labute approximate surface area is 171 Å². The summed E-state index contributed by atoms with van der Waals surface area (Å²) in [5.41, 5.74) is 3.03. The summed E-state index contributed by atoms with van der Waals surface area (Å²) in [7, 11) is 0. The average Bonchev–Trinajstić information content (AvgIpc) is 2.58. The van der Waals surface area contributed by atoms with Crippen molar-refractivity contribution < 1.29 is 19.7 Å². The topological polar surface area (TPSA) is 90.8 Å². The van der Waals surface area contributed by atoms with Gasteiger partial charge in [0.25, 0.3) is 5.91 Å². The van der Waals surface area contributed by atoms with Crippen molar-refractivity contribution >= 4 is 24.0 Å². The summed E-state index contributed by atoms with van der Waals surface area (Å²) in [6, 6.07) is 11.2. The van der Waals surface area contributed by atoms with Gasteiger partial charge in [-0.2, -0.15) is 0 Å². The molecule has 1 aliphatic heterocycles. The number of aliphatic hydroxyl groups excluding tert-OH is 1. The van der Waals surface area contributed by atoms with Gasteiger partial charge >= 0.3 is 0 Å². The van der Waals surface area contributed by atoms with Crippen LogP contribution in [-0.2, 0) is 11.2 Å². The Morgan fingerprint density at radius 2 is 2.04 bits per heavy atom. The van der Waals surface area contributed by atoms with E-state index in [4.69, 9.17) is 4.74 Å². The van der Waals surface area contributed by atoms with Crippen LogP contribution in [0.2, 0.25) is 0 Å². The molecule has 0 fully saturated rings. The lowest BCUT2D eigenvalue weighted by Gasteiger charge is -2.29. The summed E-state index contributed by atoms with van der Waals surface area (Å²) in [4.78, 5) is 11.5. The van der Waals surface area contributed by atoms with Crippen LogP contribution in [0.3, 0.4) is 0 Å². The van der Waals surface area contributed by atoms with E-state index >= 15 is 0 Å². The van der Waals surface area contributed by atoms with Crippen molar-refractivity contribution in [2.75, 3.05) is 18.5 Å². The van der Waals surface area contributed by atoms with Crippen LogP contribution in [0.15, 0.2) is 36.4 Å². The maximum absolute atomic E-state index is 11.5. The first-order valence-corrected chi connectivity index (χ1v) is 9.02. The van der Waals surface area contributed by atoms with Crippen LogP contribution >= 0.6 is 12.4 Å². The summed E-state index contributed by atoms with van der Waals surface area (Å²) in [5, 5.41) is 26.6. The average molecular weight is 407 g/mol. The standard InChI is InChI=1S/C21H26N2O4.ClH/c1-13-5-4-6-14(7-13)10-21(2,3)22-11-18(25)16-8-15(24)9-17-20(16)27-12-19(26)23-17;/h4-9,18,22,24-25H,10-12H2,1-3H3,(H,23,26);1H. The monoisotopic (exact) mass is 406 g/mol. The number of ether oxygens (including phenoxy) is 1. The Bertz CT molecular complexity index is 854. The fraction of sp³-hybridized carbons (Fsp3) is 0.381. The van der Waals surface area contributed by atoms with Gasteiger partial charge in [-0.15, -0.1) is 12.4 Å². The number of phenolic OH excluding ortho intramolecular Hbond substituents is 1. The maximum atomic E-state index is 11.5. The second kappa shape index (κ2) is 8.82. The number of amides is 1. The number of β-amino-alcohol motifs (C(OH)–C–C–N with tert-alkyl or cyclic N) is 1. The highest BCUT2D eigenvalue weighted by atomic mass is 35.5. The molecule has 0 aliphatic carbocycles. The number of phenols is 1. The predicted molar refractivity (Wildman–Crippen MR) is 111 cm³/mol. The molecule has 3 rings (SSSR count). The Hall–Kier alpha value is -2.28. The lowest BCUT2D eigenvalue weighted by Crippen LogP contribution is -2.43. The summed E-state index contributed by atoms with van der Waals surface area (Å²) in [5.74, 6) is 0.0803. The number of halogens is 1. The zero-order chi connectivity index (χ0) is 19.6. The third-order valence-electron chi connectivity index (χ3n) is 4.59. The second-order valence-electron chi connectivity index (χ2n) is 7.69. The Balaban J connectivity index is 0.00000280. The summed E-state index contributed by atoms with van der Waals surface area (Å²) < 4.78 is 5.47. The summed E-state index contributed by atoms with van der Waals surface area (Å²) >= 11 is 0. The molecule has 1 aliphatic rings. The van der Waals surface area contributed by atoms with Gasteiger partial charge in [0.1, 0.15) is 11.5 Å². The normalized spacial score (nSPS) is 14.4. The minimum atomic E-state index is -0.891. The van der Waals surface area contributed by atoms with E-state index in [0.29, 0.717) is 17.0 Å². The molecule has 0 saturated carbocycles. The maximum Gasteiger partial charge on any atom is 0.262 e. The van der Waals surface area contributed by atoms with E-state index in [2.05, 4.69) is 49.6 Å². The van der Waals surface area contributed by atoms with E-state index in [1.807, 2.05) is 6.07 Å². The van der Waals surface area contributed by atoms with Gasteiger partial charge in [0, 0.05) is 23.7 Å². The molecule has 28 heavy (non-hydrogen) atoms. The molecule has 1 amide bonds. The van der Waals surface area contributed by atoms with Gasteiger partial charge in [-0.25, -0.2) is 0 Å². The second-order valence-corrected chi connectivity index (χ2v) is 7.69. The Morgan fingerprint density at radius 1 is 1.29 bits per heavy atom. The smallest absolute Gasteiger partial charge is 0.262 e. The lowest BCUT2D eigenvalue weighted by atomic mass is 9.93. The van der Waals surface area contributed by atoms with Crippen molar-refractivity contribution in [2.45, 2.75) is 38.8 Å². The number of carbonyl (C=O) groups is 1. The zero-order valence-corrected chi connectivity index (χ0v) is 17.1. The van der Waals surface area contributed by atoms with Gasteiger partial charge in [0.2, 0.25) is 0 Å². The first-order chi connectivity index (χ1) is 12.7. The fourth-order valence-corrected chi connectivity index (χ4v) is 3.34. The molecule has 0 radical (unpaired) electrons. The van der Waals surface area contributed by atoms with Crippen LogP contribution in [-0.4, -0.2) is 34.8 Å². The zero-order valence-electron chi connectivity index (χ0n) is 16.3. The predicted octanol–water partition coefficient (Wildman–Crippen LogP) is 3.10. The fourth-order valence-electron chi connectivity index (χ4n) is 3.34. The first-order valence-electron chi connectivity index (χ1n) is 9.02.